The molecule has 136 valence electrons. The van der Waals surface area contributed by atoms with Gasteiger partial charge in [-0.3, -0.25) is 0 Å². The first-order valence-electron chi connectivity index (χ1n) is 8.74. The number of rotatable bonds is 4. The second kappa shape index (κ2) is 6.50. The van der Waals surface area contributed by atoms with E-state index in [2.05, 4.69) is 8.96 Å². The maximum Gasteiger partial charge on any atom is 0.437 e. The van der Waals surface area contributed by atoms with Crippen molar-refractivity contribution in [2.45, 2.75) is 0 Å². The topological polar surface area (TPSA) is 17.6 Å². The standard InChI is InChI=1S/C20H20BF2N4/c1-24-11-13-26(15-24)21(27-14-12-25(2)16-27,17-3-7-19(22)8-4-17)18-5-9-20(23)10-6-18/h3-16H,1-2H3/q+1. The molecule has 7 heteroatoms. The summed E-state index contributed by atoms with van der Waals surface area (Å²) in [6, 6.07) is 13.0. The fraction of sp³-hybridized carbons (Fsp3) is 0.100. The zero-order valence-electron chi connectivity index (χ0n) is 15.2. The number of imidazole rings is 2. The van der Waals surface area contributed by atoms with Crippen molar-refractivity contribution in [2.75, 3.05) is 0 Å². The number of aromatic nitrogens is 4. The zero-order valence-corrected chi connectivity index (χ0v) is 15.2. The minimum Gasteiger partial charge on any atom is -0.385 e. The van der Waals surface area contributed by atoms with Gasteiger partial charge in [-0.1, -0.05) is 24.3 Å². The number of hydrogen-bond donors (Lipinski definition) is 0. The van der Waals surface area contributed by atoms with Crippen LogP contribution < -0.4 is 19.9 Å². The monoisotopic (exact) mass is 365 g/mol. The summed E-state index contributed by atoms with van der Waals surface area (Å²) in [5, 5.41) is 0. The SMILES string of the molecule is Cn1cc[n+]([B-](c2ccc(F)cc2)(c2ccc(F)cc2)[n+]2ccn(C)c2)c1. The van der Waals surface area contributed by atoms with Gasteiger partial charge in [0.15, 0.2) is 12.7 Å². The Hall–Kier alpha value is -3.22. The van der Waals surface area contributed by atoms with E-state index < -0.39 is 6.42 Å². The lowest BCUT2D eigenvalue weighted by atomic mass is 9.36. The molecule has 2 aromatic carbocycles. The van der Waals surface area contributed by atoms with Crippen molar-refractivity contribution >= 4 is 17.3 Å². The Balaban J connectivity index is 2.10. The molecule has 0 saturated heterocycles. The third-order valence-corrected chi connectivity index (χ3v) is 5.11. The van der Waals surface area contributed by atoms with Crippen LogP contribution in [0.25, 0.3) is 0 Å². The Bertz CT molecular complexity index is 980. The van der Waals surface area contributed by atoms with E-state index in [9.17, 15) is 8.78 Å². The summed E-state index contributed by atoms with van der Waals surface area (Å²) in [6.45, 7) is 0. The predicted octanol–water partition coefficient (Wildman–Crippen LogP) is 0.870. The summed E-state index contributed by atoms with van der Waals surface area (Å²) in [5.74, 6) is -0.586. The van der Waals surface area contributed by atoms with Gasteiger partial charge in [0.25, 0.3) is 0 Å². The normalized spacial score (nSPS) is 11.7. The van der Waals surface area contributed by atoms with Crippen molar-refractivity contribution < 1.29 is 17.7 Å². The highest BCUT2D eigenvalue weighted by Crippen LogP contribution is 2.04. The molecule has 0 aliphatic rings. The zero-order chi connectivity index (χ0) is 19.0. The molecule has 0 atom stereocenters. The van der Waals surface area contributed by atoms with E-state index in [4.69, 9.17) is 0 Å². The molecule has 2 aromatic heterocycles. The number of benzene rings is 2. The molecule has 4 rings (SSSR count). The summed E-state index contributed by atoms with van der Waals surface area (Å²) < 4.78 is 35.5. The van der Waals surface area contributed by atoms with Gasteiger partial charge >= 0.3 is 6.42 Å². The Labute approximate surface area is 156 Å². The second-order valence-corrected chi connectivity index (χ2v) is 6.93. The largest absolute Gasteiger partial charge is 0.437 e. The van der Waals surface area contributed by atoms with Crippen LogP contribution >= 0.6 is 0 Å². The summed E-state index contributed by atoms with van der Waals surface area (Å²) in [6.07, 6.45) is 10.1. The van der Waals surface area contributed by atoms with Crippen molar-refractivity contribution in [3.63, 3.8) is 0 Å². The van der Waals surface area contributed by atoms with Crippen molar-refractivity contribution in [1.29, 1.82) is 0 Å². The molecule has 2 heterocycles. The third-order valence-electron chi connectivity index (χ3n) is 5.11. The molecule has 4 nitrogen and oxygen atoms in total. The Morgan fingerprint density at radius 2 is 1.04 bits per heavy atom. The number of nitrogens with zero attached hydrogens (tertiary/aromatic N) is 4. The third kappa shape index (κ3) is 2.85. The minimum absolute atomic E-state index is 0.293. The van der Waals surface area contributed by atoms with Crippen LogP contribution in [0.2, 0.25) is 0 Å². The van der Waals surface area contributed by atoms with Gasteiger partial charge in [-0.15, -0.1) is 10.9 Å². The lowest BCUT2D eigenvalue weighted by Gasteiger charge is -2.34. The van der Waals surface area contributed by atoms with E-state index in [-0.39, 0.29) is 11.6 Å². The average molecular weight is 365 g/mol. The summed E-state index contributed by atoms with van der Waals surface area (Å²) in [4.78, 5) is 0. The second-order valence-electron chi connectivity index (χ2n) is 6.93. The smallest absolute Gasteiger partial charge is 0.385 e. The van der Waals surface area contributed by atoms with E-state index in [0.29, 0.717) is 0 Å². The molecule has 0 saturated carbocycles. The van der Waals surface area contributed by atoms with Crippen LogP contribution in [0.1, 0.15) is 0 Å². The molecule has 0 N–H and O–H groups in total. The van der Waals surface area contributed by atoms with Gasteiger partial charge in [-0.05, 0) is 24.3 Å². The van der Waals surface area contributed by atoms with Crippen LogP contribution in [0.3, 0.4) is 0 Å². The molecular weight excluding hydrogens is 345 g/mol. The Morgan fingerprint density at radius 1 is 0.667 bits per heavy atom. The summed E-state index contributed by atoms with van der Waals surface area (Å²) in [7, 11) is 3.89. The van der Waals surface area contributed by atoms with Crippen LogP contribution in [0.5, 0.6) is 0 Å². The first-order valence-corrected chi connectivity index (χ1v) is 8.74. The lowest BCUT2D eigenvalue weighted by molar-refractivity contribution is -0.679. The lowest BCUT2D eigenvalue weighted by Crippen LogP contribution is -2.92. The predicted molar refractivity (Wildman–Crippen MR) is 99.8 cm³/mol. The maximum absolute atomic E-state index is 13.7. The van der Waals surface area contributed by atoms with Gasteiger partial charge < -0.3 is 8.96 Å². The molecule has 0 bridgehead atoms. The van der Waals surface area contributed by atoms with Gasteiger partial charge in [0, 0.05) is 0 Å². The first-order chi connectivity index (χ1) is 13.0. The molecule has 0 amide bonds. The van der Waals surface area contributed by atoms with Crippen LogP contribution in [-0.2, 0) is 14.1 Å². The fourth-order valence-corrected chi connectivity index (χ4v) is 3.88. The fourth-order valence-electron chi connectivity index (χ4n) is 3.88. The van der Waals surface area contributed by atoms with Crippen LogP contribution in [0, 0.1) is 11.6 Å². The molecule has 27 heavy (non-hydrogen) atoms. The van der Waals surface area contributed by atoms with E-state index in [0.717, 1.165) is 10.9 Å². The molecule has 0 aliphatic heterocycles. The van der Waals surface area contributed by atoms with Gasteiger partial charge in [0.05, 0.1) is 26.5 Å². The van der Waals surface area contributed by atoms with Crippen LogP contribution in [0.4, 0.5) is 8.78 Å². The quantitative estimate of drug-likeness (QED) is 0.478. The molecule has 4 aromatic rings. The van der Waals surface area contributed by atoms with Crippen molar-refractivity contribution in [3.8, 4) is 0 Å². The first kappa shape index (κ1) is 17.2. The average Bonchev–Trinajstić information content (AvgIpc) is 3.28. The van der Waals surface area contributed by atoms with Gasteiger partial charge in [0.1, 0.15) is 24.0 Å². The van der Waals surface area contributed by atoms with Crippen LogP contribution in [0.15, 0.2) is 86.0 Å². The molecule has 0 radical (unpaired) electrons. The van der Waals surface area contributed by atoms with Crippen LogP contribution in [-0.4, -0.2) is 15.6 Å². The maximum atomic E-state index is 13.7. The minimum atomic E-state index is -1.74. The van der Waals surface area contributed by atoms with Gasteiger partial charge in [-0.2, -0.15) is 0 Å². The highest BCUT2D eigenvalue weighted by atomic mass is 19.1. The highest BCUT2D eigenvalue weighted by Gasteiger charge is 2.44. The van der Waals surface area contributed by atoms with E-state index >= 15 is 0 Å². The highest BCUT2D eigenvalue weighted by molar-refractivity contribution is 6.89. The number of hydrogen-bond acceptors (Lipinski definition) is 0. The molecule has 0 unspecified atom stereocenters. The van der Waals surface area contributed by atoms with Crippen molar-refractivity contribution in [3.05, 3.63) is 97.6 Å². The number of halogens is 2. The van der Waals surface area contributed by atoms with E-state index in [1.165, 1.54) is 24.3 Å². The van der Waals surface area contributed by atoms with Crippen molar-refractivity contribution in [2.24, 2.45) is 14.1 Å². The molecule has 0 aliphatic carbocycles. The van der Waals surface area contributed by atoms with Gasteiger partial charge in [-0.25, -0.2) is 17.9 Å². The van der Waals surface area contributed by atoms with Gasteiger partial charge in [0.2, 0.25) is 0 Å². The molecule has 0 fully saturated rings. The van der Waals surface area contributed by atoms with E-state index in [1.807, 2.05) is 60.7 Å². The summed E-state index contributed by atoms with van der Waals surface area (Å²) in [5.41, 5.74) is 1.82. The molecular formula is C20H20BF2N4+. The number of aryl methyl sites for hydroxylation is 2. The Morgan fingerprint density at radius 3 is 1.33 bits per heavy atom. The summed E-state index contributed by atoms with van der Waals surface area (Å²) >= 11 is 0. The van der Waals surface area contributed by atoms with Crippen molar-refractivity contribution in [1.82, 2.24) is 9.13 Å². The Kier molecular flexibility index (Phi) is 4.14. The van der Waals surface area contributed by atoms with E-state index in [1.54, 1.807) is 24.3 Å². The molecule has 0 spiro atoms.